The Morgan fingerprint density at radius 3 is 2.65 bits per heavy atom. The molecule has 176 valence electrons. The lowest BCUT2D eigenvalue weighted by Crippen LogP contribution is -2.38. The molecule has 1 saturated carbocycles. The summed E-state index contributed by atoms with van der Waals surface area (Å²) in [6.45, 7) is 2.55. The summed E-state index contributed by atoms with van der Waals surface area (Å²) in [6.07, 6.45) is 3.34. The van der Waals surface area contributed by atoms with Crippen molar-refractivity contribution in [2.24, 2.45) is 5.92 Å². The quantitative estimate of drug-likeness (QED) is 0.580. The van der Waals surface area contributed by atoms with Crippen LogP contribution < -0.4 is 10.9 Å². The maximum Gasteiger partial charge on any atom is 0.261 e. The topological polar surface area (TPSA) is 84.3 Å². The van der Waals surface area contributed by atoms with E-state index in [0.29, 0.717) is 32.8 Å². The van der Waals surface area contributed by atoms with Crippen molar-refractivity contribution in [3.05, 3.63) is 74.3 Å². The first kappa shape index (κ1) is 22.9. The Bertz CT molecular complexity index is 1360. The normalized spacial score (nSPS) is 21.3. The van der Waals surface area contributed by atoms with E-state index in [1.807, 2.05) is 23.1 Å². The highest BCUT2D eigenvalue weighted by atomic mass is 35.5. The maximum atomic E-state index is 13.1. The van der Waals surface area contributed by atoms with E-state index in [-0.39, 0.29) is 36.5 Å². The maximum absolute atomic E-state index is 13.1. The van der Waals surface area contributed by atoms with Gasteiger partial charge in [0.1, 0.15) is 6.54 Å². The van der Waals surface area contributed by atoms with Gasteiger partial charge in [-0.3, -0.25) is 19.0 Å². The van der Waals surface area contributed by atoms with Crippen molar-refractivity contribution in [3.8, 4) is 0 Å². The highest BCUT2D eigenvalue weighted by Crippen LogP contribution is 2.47. The SMILES string of the molecule is CC(=O)N1CC2CC1CC2c1ccc2ncn(CC(=O)NCc3ccc(Cl)c(Cl)c3)c(=O)c2c1. The van der Waals surface area contributed by atoms with E-state index in [9.17, 15) is 14.4 Å². The number of carbonyl (C=O) groups is 2. The summed E-state index contributed by atoms with van der Waals surface area (Å²) < 4.78 is 1.33. The van der Waals surface area contributed by atoms with Crippen molar-refractivity contribution < 1.29 is 9.59 Å². The first-order valence-electron chi connectivity index (χ1n) is 11.3. The predicted octanol–water partition coefficient (Wildman–Crippen LogP) is 3.74. The van der Waals surface area contributed by atoms with Crippen LogP contribution in [0.5, 0.6) is 0 Å². The number of hydrogen-bond acceptors (Lipinski definition) is 4. The van der Waals surface area contributed by atoms with Gasteiger partial charge in [-0.15, -0.1) is 0 Å². The van der Waals surface area contributed by atoms with Crippen LogP contribution in [0, 0.1) is 5.92 Å². The van der Waals surface area contributed by atoms with Gasteiger partial charge in [0, 0.05) is 26.1 Å². The molecule has 3 aromatic rings. The molecular weight excluding hydrogens is 475 g/mol. The highest BCUT2D eigenvalue weighted by Gasteiger charge is 2.46. The number of rotatable bonds is 5. The summed E-state index contributed by atoms with van der Waals surface area (Å²) in [4.78, 5) is 43.8. The zero-order chi connectivity index (χ0) is 24.0. The number of aromatic nitrogens is 2. The van der Waals surface area contributed by atoms with Gasteiger partial charge < -0.3 is 10.2 Å². The number of piperidine rings is 1. The molecule has 2 heterocycles. The molecule has 1 N–H and O–H groups in total. The van der Waals surface area contributed by atoms with Gasteiger partial charge in [-0.05, 0) is 60.1 Å². The molecule has 3 atom stereocenters. The van der Waals surface area contributed by atoms with Crippen LogP contribution in [0.1, 0.15) is 36.8 Å². The average molecular weight is 499 g/mol. The fraction of sp³-hybridized carbons (Fsp3) is 0.360. The standard InChI is InChI=1S/C25H24Cl2N4O3/c1-14(32)31-11-17-7-18(31)9-19(17)16-3-5-23-20(8-16)25(34)30(13-29-23)12-24(33)28-10-15-2-4-21(26)22(27)6-15/h2-6,8,13,17-19H,7,9-12H2,1H3,(H,28,33). The molecule has 2 bridgehead atoms. The number of fused-ring (bicyclic) bond motifs is 3. The van der Waals surface area contributed by atoms with Gasteiger partial charge in [0.25, 0.3) is 5.56 Å². The third-order valence-corrected chi connectivity index (χ3v) is 7.75. The smallest absolute Gasteiger partial charge is 0.261 e. The van der Waals surface area contributed by atoms with Gasteiger partial charge in [-0.25, -0.2) is 4.98 Å². The number of hydrogen-bond donors (Lipinski definition) is 1. The van der Waals surface area contributed by atoms with E-state index < -0.39 is 0 Å². The van der Waals surface area contributed by atoms with Crippen molar-refractivity contribution in [1.82, 2.24) is 19.8 Å². The largest absolute Gasteiger partial charge is 0.350 e. The van der Waals surface area contributed by atoms with Crippen LogP contribution in [-0.2, 0) is 22.7 Å². The lowest BCUT2D eigenvalue weighted by Gasteiger charge is -2.31. The number of amides is 2. The van der Waals surface area contributed by atoms with Crippen molar-refractivity contribution in [1.29, 1.82) is 0 Å². The Kier molecular flexibility index (Phi) is 6.08. The number of nitrogens with zero attached hydrogens (tertiary/aromatic N) is 3. The molecule has 9 heteroatoms. The molecule has 1 aliphatic carbocycles. The lowest BCUT2D eigenvalue weighted by molar-refractivity contribution is -0.130. The zero-order valence-corrected chi connectivity index (χ0v) is 20.1. The van der Waals surface area contributed by atoms with Gasteiger partial charge in [-0.2, -0.15) is 0 Å². The van der Waals surface area contributed by atoms with E-state index in [1.54, 1.807) is 25.1 Å². The third kappa shape index (κ3) is 4.30. The van der Waals surface area contributed by atoms with Crippen molar-refractivity contribution in [3.63, 3.8) is 0 Å². The average Bonchev–Trinajstić information content (AvgIpc) is 3.43. The molecule has 1 aliphatic heterocycles. The third-order valence-electron chi connectivity index (χ3n) is 7.01. The second-order valence-electron chi connectivity index (χ2n) is 9.14. The molecule has 2 aliphatic rings. The fourth-order valence-corrected chi connectivity index (χ4v) is 5.65. The van der Waals surface area contributed by atoms with Crippen LogP contribution >= 0.6 is 23.2 Å². The van der Waals surface area contributed by atoms with Crippen LogP contribution in [0.4, 0.5) is 0 Å². The molecule has 1 saturated heterocycles. The Morgan fingerprint density at radius 2 is 1.94 bits per heavy atom. The minimum atomic E-state index is -0.303. The molecule has 3 unspecified atom stereocenters. The first-order valence-corrected chi connectivity index (χ1v) is 12.0. The number of halogens is 2. The van der Waals surface area contributed by atoms with Gasteiger partial charge in [0.2, 0.25) is 11.8 Å². The van der Waals surface area contributed by atoms with Crippen LogP contribution in [-0.4, -0.2) is 38.9 Å². The number of nitrogens with one attached hydrogen (secondary N) is 1. The monoisotopic (exact) mass is 498 g/mol. The predicted molar refractivity (Wildman–Crippen MR) is 131 cm³/mol. The van der Waals surface area contributed by atoms with Gasteiger partial charge in [0.15, 0.2) is 0 Å². The van der Waals surface area contributed by atoms with E-state index in [1.165, 1.54) is 10.9 Å². The van der Waals surface area contributed by atoms with Crippen LogP contribution in [0.25, 0.3) is 10.9 Å². The van der Waals surface area contributed by atoms with E-state index >= 15 is 0 Å². The molecule has 7 nitrogen and oxygen atoms in total. The molecule has 0 radical (unpaired) electrons. The van der Waals surface area contributed by atoms with Crippen molar-refractivity contribution in [2.75, 3.05) is 6.54 Å². The molecule has 34 heavy (non-hydrogen) atoms. The Hall–Kier alpha value is -2.90. The van der Waals surface area contributed by atoms with Gasteiger partial charge >= 0.3 is 0 Å². The number of benzene rings is 2. The lowest BCUT2D eigenvalue weighted by atomic mass is 9.87. The van der Waals surface area contributed by atoms with Crippen LogP contribution in [0.2, 0.25) is 10.0 Å². The zero-order valence-electron chi connectivity index (χ0n) is 18.6. The van der Waals surface area contributed by atoms with E-state index in [0.717, 1.165) is 30.5 Å². The summed E-state index contributed by atoms with van der Waals surface area (Å²) in [5.74, 6) is 0.571. The minimum absolute atomic E-state index is 0.130. The fourth-order valence-electron chi connectivity index (χ4n) is 5.33. The second-order valence-corrected chi connectivity index (χ2v) is 9.96. The summed E-state index contributed by atoms with van der Waals surface area (Å²) in [5, 5.41) is 4.17. The van der Waals surface area contributed by atoms with Crippen molar-refractivity contribution >= 4 is 45.9 Å². The van der Waals surface area contributed by atoms with Gasteiger partial charge in [0.05, 0.1) is 27.3 Å². The molecular formula is C25H24Cl2N4O3. The molecule has 2 aromatic carbocycles. The summed E-state index contributed by atoms with van der Waals surface area (Å²) in [7, 11) is 0. The Labute approximate surface area is 206 Å². The van der Waals surface area contributed by atoms with Gasteiger partial charge in [-0.1, -0.05) is 35.3 Å². The molecule has 2 fully saturated rings. The molecule has 2 amide bonds. The molecule has 5 rings (SSSR count). The van der Waals surface area contributed by atoms with E-state index in [2.05, 4.69) is 10.3 Å². The van der Waals surface area contributed by atoms with E-state index in [4.69, 9.17) is 23.2 Å². The van der Waals surface area contributed by atoms with Crippen LogP contribution in [0.3, 0.4) is 0 Å². The molecule has 1 aromatic heterocycles. The summed E-state index contributed by atoms with van der Waals surface area (Å²) >= 11 is 11.9. The molecule has 0 spiro atoms. The second kappa shape index (κ2) is 9.04. The Morgan fingerprint density at radius 1 is 1.12 bits per heavy atom. The minimum Gasteiger partial charge on any atom is -0.350 e. The summed E-state index contributed by atoms with van der Waals surface area (Å²) in [6, 6.07) is 11.3. The summed E-state index contributed by atoms with van der Waals surface area (Å²) in [5.41, 5.74) is 2.27. The number of likely N-dealkylation sites (tertiary alicyclic amines) is 1. The number of carbonyl (C=O) groups excluding carboxylic acids is 2. The highest BCUT2D eigenvalue weighted by molar-refractivity contribution is 6.42. The van der Waals surface area contributed by atoms with Crippen molar-refractivity contribution in [2.45, 2.75) is 44.8 Å². The first-order chi connectivity index (χ1) is 16.3. The Balaban J connectivity index is 1.31. The van der Waals surface area contributed by atoms with Crippen LogP contribution in [0.15, 0.2) is 47.5 Å².